The predicted molar refractivity (Wildman–Crippen MR) is 80.3 cm³/mol. The van der Waals surface area contributed by atoms with E-state index >= 15 is 0 Å². The molecule has 1 heterocycles. The SMILES string of the molecule is Nc1cc(C(=O)OCc2cccc(F)c2Br)n(C2CC2)c1. The van der Waals surface area contributed by atoms with Gasteiger partial charge in [-0.05, 0) is 40.9 Å². The molecule has 110 valence electrons. The second kappa shape index (κ2) is 5.52. The molecule has 21 heavy (non-hydrogen) atoms. The van der Waals surface area contributed by atoms with Crippen molar-refractivity contribution in [2.75, 3.05) is 5.73 Å². The molecule has 1 aromatic carbocycles. The van der Waals surface area contributed by atoms with Crippen molar-refractivity contribution in [1.29, 1.82) is 0 Å². The Morgan fingerprint density at radius 3 is 2.95 bits per heavy atom. The Balaban J connectivity index is 1.73. The first kappa shape index (κ1) is 14.1. The molecule has 1 aliphatic rings. The van der Waals surface area contributed by atoms with E-state index in [-0.39, 0.29) is 12.4 Å². The van der Waals surface area contributed by atoms with E-state index in [1.54, 1.807) is 24.4 Å². The maximum Gasteiger partial charge on any atom is 0.355 e. The normalized spacial score (nSPS) is 14.2. The number of aromatic nitrogens is 1. The van der Waals surface area contributed by atoms with Crippen molar-refractivity contribution in [3.8, 4) is 0 Å². The van der Waals surface area contributed by atoms with Crippen LogP contribution in [0.15, 0.2) is 34.9 Å². The highest BCUT2D eigenvalue weighted by Crippen LogP contribution is 2.37. The molecule has 1 aromatic heterocycles. The fourth-order valence-corrected chi connectivity index (χ4v) is 2.57. The smallest absolute Gasteiger partial charge is 0.355 e. The maximum absolute atomic E-state index is 13.4. The molecule has 0 unspecified atom stereocenters. The number of anilines is 1. The van der Waals surface area contributed by atoms with Crippen LogP contribution in [-0.4, -0.2) is 10.5 Å². The van der Waals surface area contributed by atoms with Gasteiger partial charge in [0, 0.05) is 17.8 Å². The van der Waals surface area contributed by atoms with E-state index in [2.05, 4.69) is 15.9 Å². The van der Waals surface area contributed by atoms with Gasteiger partial charge in [-0.3, -0.25) is 0 Å². The van der Waals surface area contributed by atoms with Gasteiger partial charge in [-0.25, -0.2) is 9.18 Å². The van der Waals surface area contributed by atoms with E-state index in [0.29, 0.717) is 27.5 Å². The molecule has 0 aliphatic heterocycles. The summed E-state index contributed by atoms with van der Waals surface area (Å²) in [6.45, 7) is 0.00687. The molecule has 0 atom stereocenters. The summed E-state index contributed by atoms with van der Waals surface area (Å²) in [4.78, 5) is 12.2. The molecule has 0 amide bonds. The third-order valence-electron chi connectivity index (χ3n) is 3.41. The molecule has 0 radical (unpaired) electrons. The quantitative estimate of drug-likeness (QED) is 0.854. The predicted octanol–water partition coefficient (Wildman–Crippen LogP) is 3.66. The van der Waals surface area contributed by atoms with Crippen molar-refractivity contribution in [2.45, 2.75) is 25.5 Å². The zero-order valence-corrected chi connectivity index (χ0v) is 12.8. The molecule has 0 saturated heterocycles. The van der Waals surface area contributed by atoms with E-state index in [1.807, 2.05) is 4.57 Å². The Kier molecular flexibility index (Phi) is 3.71. The van der Waals surface area contributed by atoms with Gasteiger partial charge in [0.2, 0.25) is 0 Å². The Labute approximate surface area is 129 Å². The topological polar surface area (TPSA) is 57.3 Å². The molecule has 0 spiro atoms. The summed E-state index contributed by atoms with van der Waals surface area (Å²) in [6.07, 6.45) is 3.85. The fourth-order valence-electron chi connectivity index (χ4n) is 2.20. The second-order valence-electron chi connectivity index (χ2n) is 5.09. The minimum atomic E-state index is -0.449. The highest BCUT2D eigenvalue weighted by molar-refractivity contribution is 9.10. The maximum atomic E-state index is 13.4. The second-order valence-corrected chi connectivity index (χ2v) is 5.88. The number of carbonyl (C=O) groups is 1. The average molecular weight is 353 g/mol. The molecule has 2 N–H and O–H groups in total. The third-order valence-corrected chi connectivity index (χ3v) is 4.30. The molecule has 4 nitrogen and oxygen atoms in total. The number of esters is 1. The van der Waals surface area contributed by atoms with Crippen molar-refractivity contribution in [1.82, 2.24) is 4.57 Å². The Morgan fingerprint density at radius 2 is 2.24 bits per heavy atom. The van der Waals surface area contributed by atoms with Crippen LogP contribution in [0.3, 0.4) is 0 Å². The van der Waals surface area contributed by atoms with Crippen LogP contribution in [0.1, 0.15) is 34.9 Å². The number of hydrogen-bond donors (Lipinski definition) is 1. The van der Waals surface area contributed by atoms with E-state index in [4.69, 9.17) is 10.5 Å². The molecule has 0 bridgehead atoms. The highest BCUT2D eigenvalue weighted by atomic mass is 79.9. The van der Waals surface area contributed by atoms with Crippen molar-refractivity contribution in [2.24, 2.45) is 0 Å². The third kappa shape index (κ3) is 2.95. The first-order chi connectivity index (χ1) is 10.1. The Hall–Kier alpha value is -1.82. The van der Waals surface area contributed by atoms with E-state index in [1.165, 1.54) is 6.07 Å². The summed E-state index contributed by atoms with van der Waals surface area (Å²) in [5.74, 6) is -0.830. The van der Waals surface area contributed by atoms with E-state index in [9.17, 15) is 9.18 Å². The molecule has 1 fully saturated rings. The number of nitrogens with zero attached hydrogens (tertiary/aromatic N) is 1. The lowest BCUT2D eigenvalue weighted by Crippen LogP contribution is -2.11. The number of carbonyl (C=O) groups excluding carboxylic acids is 1. The van der Waals surface area contributed by atoms with Crippen LogP contribution in [0, 0.1) is 5.82 Å². The lowest BCUT2D eigenvalue weighted by Gasteiger charge is -2.09. The van der Waals surface area contributed by atoms with E-state index in [0.717, 1.165) is 12.8 Å². The van der Waals surface area contributed by atoms with Crippen LogP contribution in [0.25, 0.3) is 0 Å². The zero-order valence-electron chi connectivity index (χ0n) is 11.2. The van der Waals surface area contributed by atoms with Crippen molar-refractivity contribution < 1.29 is 13.9 Å². The van der Waals surface area contributed by atoms with Gasteiger partial charge in [-0.1, -0.05) is 12.1 Å². The number of nitrogen functional groups attached to an aromatic ring is 1. The average Bonchev–Trinajstić information content (AvgIpc) is 3.23. The molecule has 2 aromatic rings. The van der Waals surface area contributed by atoms with Crippen LogP contribution in [0.4, 0.5) is 10.1 Å². The standard InChI is InChI=1S/C15H14BrFN2O2/c16-14-9(2-1-3-12(14)17)8-21-15(20)13-6-10(18)7-19(13)11-4-5-11/h1-3,6-7,11H,4-5,8,18H2. The zero-order chi connectivity index (χ0) is 15.0. The molecule has 3 rings (SSSR count). The number of rotatable bonds is 4. The Morgan fingerprint density at radius 1 is 1.48 bits per heavy atom. The Bertz CT molecular complexity index is 695. The van der Waals surface area contributed by atoms with Gasteiger partial charge in [0.15, 0.2) is 0 Å². The summed E-state index contributed by atoms with van der Waals surface area (Å²) >= 11 is 3.15. The van der Waals surface area contributed by atoms with Crippen molar-refractivity contribution in [3.63, 3.8) is 0 Å². The van der Waals surface area contributed by atoms with Gasteiger partial charge in [-0.2, -0.15) is 0 Å². The summed E-state index contributed by atoms with van der Waals surface area (Å²) in [5.41, 5.74) is 7.32. The van der Waals surface area contributed by atoms with Gasteiger partial charge in [-0.15, -0.1) is 0 Å². The number of nitrogens with two attached hydrogens (primary N) is 1. The molecule has 1 saturated carbocycles. The first-order valence-corrected chi connectivity index (χ1v) is 7.43. The van der Waals surface area contributed by atoms with Gasteiger partial charge in [0.1, 0.15) is 18.1 Å². The van der Waals surface area contributed by atoms with Crippen LogP contribution < -0.4 is 5.73 Å². The lowest BCUT2D eigenvalue weighted by molar-refractivity contribution is 0.0458. The van der Waals surface area contributed by atoms with Gasteiger partial charge >= 0.3 is 5.97 Å². The van der Waals surface area contributed by atoms with Gasteiger partial charge in [0.25, 0.3) is 0 Å². The van der Waals surface area contributed by atoms with Crippen LogP contribution in [0.5, 0.6) is 0 Å². The van der Waals surface area contributed by atoms with Crippen LogP contribution >= 0.6 is 15.9 Å². The van der Waals surface area contributed by atoms with Crippen LogP contribution in [0.2, 0.25) is 0 Å². The molecule has 6 heteroatoms. The number of halogens is 2. The summed E-state index contributed by atoms with van der Waals surface area (Å²) in [6, 6.07) is 6.57. The van der Waals surface area contributed by atoms with Gasteiger partial charge < -0.3 is 15.0 Å². The summed E-state index contributed by atoms with van der Waals surface area (Å²) in [7, 11) is 0. The largest absolute Gasteiger partial charge is 0.456 e. The van der Waals surface area contributed by atoms with Crippen LogP contribution in [-0.2, 0) is 11.3 Å². The minimum Gasteiger partial charge on any atom is -0.456 e. The minimum absolute atomic E-state index is 0.00687. The first-order valence-electron chi connectivity index (χ1n) is 6.63. The van der Waals surface area contributed by atoms with Crippen molar-refractivity contribution >= 4 is 27.6 Å². The molecular formula is C15H14BrFN2O2. The molecule has 1 aliphatic carbocycles. The fraction of sp³-hybridized carbons (Fsp3) is 0.267. The number of ether oxygens (including phenoxy) is 1. The monoisotopic (exact) mass is 352 g/mol. The van der Waals surface area contributed by atoms with Gasteiger partial charge in [0.05, 0.1) is 10.2 Å². The molecular weight excluding hydrogens is 339 g/mol. The number of hydrogen-bond acceptors (Lipinski definition) is 3. The van der Waals surface area contributed by atoms with E-state index < -0.39 is 5.97 Å². The number of benzene rings is 1. The highest BCUT2D eigenvalue weighted by Gasteiger charge is 2.28. The lowest BCUT2D eigenvalue weighted by atomic mass is 10.2. The van der Waals surface area contributed by atoms with Crippen molar-refractivity contribution in [3.05, 3.63) is 52.0 Å². The summed E-state index contributed by atoms with van der Waals surface area (Å²) in [5, 5.41) is 0. The summed E-state index contributed by atoms with van der Waals surface area (Å²) < 4.78 is 20.8.